The Morgan fingerprint density at radius 2 is 2.33 bits per heavy atom. The summed E-state index contributed by atoms with van der Waals surface area (Å²) in [5.74, 6) is 1.31. The molecule has 0 spiro atoms. The summed E-state index contributed by atoms with van der Waals surface area (Å²) in [5, 5.41) is 0. The first kappa shape index (κ1) is 8.85. The van der Waals surface area contributed by atoms with Gasteiger partial charge in [-0.1, -0.05) is 6.08 Å². The van der Waals surface area contributed by atoms with Crippen LogP contribution in [0.1, 0.15) is 6.42 Å². The first-order valence-electron chi connectivity index (χ1n) is 2.97. The lowest BCUT2D eigenvalue weighted by Gasteiger charge is -1.94. The van der Waals surface area contributed by atoms with Gasteiger partial charge in [0.05, 0.1) is 0 Å². The summed E-state index contributed by atoms with van der Waals surface area (Å²) in [6.07, 6.45) is 2.52. The van der Waals surface area contributed by atoms with Crippen LogP contribution in [0.2, 0.25) is 0 Å². The molecule has 0 aliphatic heterocycles. The van der Waals surface area contributed by atoms with E-state index in [1.807, 2.05) is 0 Å². The minimum Gasteiger partial charge on any atom is -0.330 e. The minimum atomic E-state index is -0.718. The molecule has 0 rings (SSSR count). The van der Waals surface area contributed by atoms with E-state index in [0.29, 0.717) is 18.1 Å². The zero-order chi connectivity index (χ0) is 7.11. The maximum Gasteiger partial charge on any atom is 0.0412 e. The third-order valence-electron chi connectivity index (χ3n) is 0.880. The Morgan fingerprint density at radius 1 is 1.67 bits per heavy atom. The van der Waals surface area contributed by atoms with Crippen molar-refractivity contribution in [3.05, 3.63) is 12.7 Å². The topological polar surface area (TPSA) is 43.1 Å². The van der Waals surface area contributed by atoms with Gasteiger partial charge in [-0.05, 0) is 13.0 Å². The lowest BCUT2D eigenvalue weighted by atomic mass is 10.5. The van der Waals surface area contributed by atoms with Crippen molar-refractivity contribution < 1.29 is 4.21 Å². The Kier molecular flexibility index (Phi) is 5.88. The summed E-state index contributed by atoms with van der Waals surface area (Å²) in [7, 11) is -0.718. The van der Waals surface area contributed by atoms with Gasteiger partial charge in [0.2, 0.25) is 0 Å². The van der Waals surface area contributed by atoms with Crippen LogP contribution in [-0.4, -0.2) is 22.3 Å². The first-order valence-corrected chi connectivity index (χ1v) is 4.46. The molecule has 0 fully saturated rings. The van der Waals surface area contributed by atoms with E-state index in [1.54, 1.807) is 6.08 Å². The molecule has 0 aromatic carbocycles. The van der Waals surface area contributed by atoms with Gasteiger partial charge in [0.25, 0.3) is 0 Å². The lowest BCUT2D eigenvalue weighted by molar-refractivity contribution is 0.682. The Balaban J connectivity index is 3.16. The van der Waals surface area contributed by atoms with Crippen LogP contribution in [-0.2, 0) is 10.8 Å². The molecule has 0 saturated heterocycles. The van der Waals surface area contributed by atoms with Gasteiger partial charge in [-0.2, -0.15) is 0 Å². The van der Waals surface area contributed by atoms with Crippen LogP contribution in [0.4, 0.5) is 0 Å². The number of nitrogens with two attached hydrogens (primary N) is 1. The second-order valence-corrected chi connectivity index (χ2v) is 3.36. The van der Waals surface area contributed by atoms with E-state index in [2.05, 4.69) is 6.58 Å². The molecule has 0 heterocycles. The molecule has 9 heavy (non-hydrogen) atoms. The van der Waals surface area contributed by atoms with Crippen molar-refractivity contribution in [3.8, 4) is 0 Å². The van der Waals surface area contributed by atoms with Gasteiger partial charge in [0.15, 0.2) is 0 Å². The van der Waals surface area contributed by atoms with Crippen molar-refractivity contribution in [1.82, 2.24) is 0 Å². The summed E-state index contributed by atoms with van der Waals surface area (Å²) in [5.41, 5.74) is 5.21. The van der Waals surface area contributed by atoms with Crippen molar-refractivity contribution in [2.75, 3.05) is 18.1 Å². The first-order chi connectivity index (χ1) is 4.31. The summed E-state index contributed by atoms with van der Waals surface area (Å²) < 4.78 is 10.8. The molecule has 54 valence electrons. The van der Waals surface area contributed by atoms with Gasteiger partial charge in [-0.15, -0.1) is 6.58 Å². The molecule has 0 aliphatic carbocycles. The molecule has 0 radical (unpaired) electrons. The molecular weight excluding hydrogens is 134 g/mol. The van der Waals surface area contributed by atoms with Crippen molar-refractivity contribution in [2.45, 2.75) is 6.42 Å². The quantitative estimate of drug-likeness (QED) is 0.567. The summed E-state index contributed by atoms with van der Waals surface area (Å²) >= 11 is 0. The van der Waals surface area contributed by atoms with Gasteiger partial charge in [0.1, 0.15) is 0 Å². The summed E-state index contributed by atoms with van der Waals surface area (Å²) in [6.45, 7) is 4.11. The number of rotatable bonds is 5. The molecule has 1 unspecified atom stereocenters. The van der Waals surface area contributed by atoms with Gasteiger partial charge in [0, 0.05) is 22.3 Å². The predicted octanol–water partition coefficient (Wildman–Crippen LogP) is 0.270. The maximum atomic E-state index is 10.8. The number of hydrogen-bond donors (Lipinski definition) is 1. The van der Waals surface area contributed by atoms with E-state index >= 15 is 0 Å². The average Bonchev–Trinajstić information content (AvgIpc) is 1.85. The smallest absolute Gasteiger partial charge is 0.0412 e. The molecule has 0 saturated carbocycles. The van der Waals surface area contributed by atoms with E-state index in [0.717, 1.165) is 6.42 Å². The van der Waals surface area contributed by atoms with Gasteiger partial charge >= 0.3 is 0 Å². The molecule has 0 aromatic heterocycles. The third kappa shape index (κ3) is 5.73. The van der Waals surface area contributed by atoms with Crippen LogP contribution in [0.3, 0.4) is 0 Å². The largest absolute Gasteiger partial charge is 0.330 e. The van der Waals surface area contributed by atoms with Crippen LogP contribution in [0, 0.1) is 0 Å². The minimum absolute atomic E-state index is 0.597. The molecule has 0 aliphatic rings. The van der Waals surface area contributed by atoms with Crippen molar-refractivity contribution in [1.29, 1.82) is 0 Å². The molecule has 0 aromatic rings. The van der Waals surface area contributed by atoms with Gasteiger partial charge in [-0.25, -0.2) is 0 Å². The predicted molar refractivity (Wildman–Crippen MR) is 41.7 cm³/mol. The zero-order valence-corrected chi connectivity index (χ0v) is 6.32. The molecule has 0 bridgehead atoms. The zero-order valence-electron chi connectivity index (χ0n) is 5.51. The molecule has 0 amide bonds. The Labute approximate surface area is 58.6 Å². The highest BCUT2D eigenvalue weighted by atomic mass is 32.2. The van der Waals surface area contributed by atoms with E-state index in [9.17, 15) is 4.21 Å². The van der Waals surface area contributed by atoms with E-state index in [-0.39, 0.29) is 0 Å². The van der Waals surface area contributed by atoms with Gasteiger partial charge in [-0.3, -0.25) is 4.21 Å². The fourth-order valence-corrected chi connectivity index (χ4v) is 1.38. The number of hydrogen-bond acceptors (Lipinski definition) is 2. The Morgan fingerprint density at radius 3 is 2.78 bits per heavy atom. The molecule has 2 N–H and O–H groups in total. The van der Waals surface area contributed by atoms with E-state index in [4.69, 9.17) is 5.73 Å². The monoisotopic (exact) mass is 147 g/mol. The summed E-state index contributed by atoms with van der Waals surface area (Å²) in [6, 6.07) is 0. The fourth-order valence-electron chi connectivity index (χ4n) is 0.459. The lowest BCUT2D eigenvalue weighted by Crippen LogP contribution is -2.07. The Bertz CT molecular complexity index is 103. The van der Waals surface area contributed by atoms with Crippen LogP contribution in [0.15, 0.2) is 12.7 Å². The van der Waals surface area contributed by atoms with E-state index in [1.165, 1.54) is 0 Å². The Hall–Kier alpha value is -0.150. The maximum absolute atomic E-state index is 10.8. The molecule has 3 heteroatoms. The highest BCUT2D eigenvalue weighted by Crippen LogP contribution is 1.85. The molecule has 2 nitrogen and oxygen atoms in total. The average molecular weight is 147 g/mol. The molecular formula is C6H13NOS. The standard InChI is InChI=1S/C6H13NOS/c1-2-5-9(8)6-3-4-7/h2H,1,3-7H2. The fraction of sp³-hybridized carbons (Fsp3) is 0.667. The highest BCUT2D eigenvalue weighted by molar-refractivity contribution is 7.85. The molecule has 1 atom stereocenters. The normalized spacial score (nSPS) is 13.0. The van der Waals surface area contributed by atoms with Crippen molar-refractivity contribution in [2.24, 2.45) is 5.73 Å². The van der Waals surface area contributed by atoms with E-state index < -0.39 is 10.8 Å². The van der Waals surface area contributed by atoms with Crippen molar-refractivity contribution in [3.63, 3.8) is 0 Å². The van der Waals surface area contributed by atoms with Gasteiger partial charge < -0.3 is 5.73 Å². The highest BCUT2D eigenvalue weighted by Gasteiger charge is 1.92. The second kappa shape index (κ2) is 5.98. The van der Waals surface area contributed by atoms with Crippen LogP contribution >= 0.6 is 0 Å². The van der Waals surface area contributed by atoms with Crippen LogP contribution in [0.5, 0.6) is 0 Å². The van der Waals surface area contributed by atoms with Crippen LogP contribution < -0.4 is 5.73 Å². The second-order valence-electron chi connectivity index (χ2n) is 1.74. The third-order valence-corrected chi connectivity index (χ3v) is 2.23. The van der Waals surface area contributed by atoms with Crippen molar-refractivity contribution >= 4 is 10.8 Å². The van der Waals surface area contributed by atoms with Crippen LogP contribution in [0.25, 0.3) is 0 Å². The SMILES string of the molecule is C=CCS(=O)CCCN. The summed E-state index contributed by atoms with van der Waals surface area (Å²) in [4.78, 5) is 0.